The molecule has 0 rings (SSSR count). The van der Waals surface area contributed by atoms with Crippen molar-refractivity contribution in [3.8, 4) is 0 Å². The van der Waals surface area contributed by atoms with Gasteiger partial charge in [-0.05, 0) is 0 Å². The Kier molecular flexibility index (Phi) is 23.3. The van der Waals surface area contributed by atoms with Gasteiger partial charge in [0.15, 0.2) is 0 Å². The number of hydrogen-bond donors (Lipinski definition) is 2. The van der Waals surface area contributed by atoms with Gasteiger partial charge in [-0.3, -0.25) is 0 Å². The van der Waals surface area contributed by atoms with E-state index in [4.69, 9.17) is 16.0 Å². The number of hydrogen-bond acceptors (Lipinski definition) is 2. The molecule has 2 N–H and O–H groups in total. The first kappa shape index (κ1) is 22.9. The van der Waals surface area contributed by atoms with Gasteiger partial charge < -0.3 is 0 Å². The average molecular weight is 204 g/mol. The van der Waals surface area contributed by atoms with Gasteiger partial charge in [0.05, 0.1) is 0 Å². The van der Waals surface area contributed by atoms with Crippen LogP contribution >= 0.6 is 0 Å². The van der Waals surface area contributed by atoms with E-state index in [-0.39, 0.29) is 43.1 Å². The first-order chi connectivity index (χ1) is 2.00. The molecular weight excluding hydrogens is 197 g/mol. The van der Waals surface area contributed by atoms with Crippen LogP contribution in [0.4, 0.5) is 0 Å². The van der Waals surface area contributed by atoms with Gasteiger partial charge in [-0.15, -0.1) is 0 Å². The molecule has 8 heavy (non-hydrogen) atoms. The third kappa shape index (κ3) is 206. The van der Waals surface area contributed by atoms with E-state index < -0.39 is 13.4 Å². The van der Waals surface area contributed by atoms with Gasteiger partial charge in [-0.2, -0.15) is 0 Å². The van der Waals surface area contributed by atoms with Crippen molar-refractivity contribution in [2.24, 2.45) is 0 Å². The third-order valence-corrected chi connectivity index (χ3v) is 0. The fourth-order valence-electron chi connectivity index (χ4n) is 0. The predicted molar refractivity (Wildman–Crippen MR) is 19.7 cm³/mol. The van der Waals surface area contributed by atoms with E-state index >= 15 is 0 Å². The van der Waals surface area contributed by atoms with Gasteiger partial charge in [-0.1, -0.05) is 7.43 Å². The maximum atomic E-state index is 8.80. The maximum absolute atomic E-state index is 8.80. The van der Waals surface area contributed by atoms with Crippen LogP contribution < -0.4 is 0 Å². The van der Waals surface area contributed by atoms with Crippen LogP contribution in [0.3, 0.4) is 0 Å². The molecule has 0 aliphatic heterocycles. The van der Waals surface area contributed by atoms with Crippen molar-refractivity contribution in [3.05, 3.63) is 0 Å². The van der Waals surface area contributed by atoms with Crippen LogP contribution in [0.15, 0.2) is 0 Å². The van der Waals surface area contributed by atoms with Crippen molar-refractivity contribution in [2.45, 2.75) is 7.43 Å². The Morgan fingerprint density at radius 3 is 1.12 bits per heavy atom. The Morgan fingerprint density at radius 1 is 1.12 bits per heavy atom. The van der Waals surface area contributed by atoms with Gasteiger partial charge in [0.25, 0.3) is 0 Å². The standard InChI is InChI=1S/CH4.Co.Li.Mn.2H2O.2O.H/h1H4;;;;2*1H2;;;/q;;;+2;;;;;/p-2. The molecule has 0 aromatic carbocycles. The Balaban J connectivity index is -0.0000000267. The van der Waals surface area contributed by atoms with Crippen molar-refractivity contribution in [1.29, 1.82) is 0 Å². The fraction of sp³-hybridized carbons (Fsp3) is 1.00. The fourth-order valence-corrected chi connectivity index (χ4v) is 0. The van der Waals surface area contributed by atoms with E-state index in [0.29, 0.717) is 0 Å². The Hall–Kier alpha value is 1.14. The summed E-state index contributed by atoms with van der Waals surface area (Å²) < 4.78 is 31.8. The van der Waals surface area contributed by atoms with Gasteiger partial charge in [0.2, 0.25) is 0 Å². The first-order valence-corrected chi connectivity index (χ1v) is 2.67. The molecule has 0 aromatic heterocycles. The molecule has 0 heterocycles. The van der Waals surface area contributed by atoms with Gasteiger partial charge >= 0.3 is 48.3 Å². The number of rotatable bonds is 0. The van der Waals surface area contributed by atoms with Crippen LogP contribution in [0.25, 0.3) is 0 Å². The van der Waals surface area contributed by atoms with Crippen molar-refractivity contribution >= 4 is 18.9 Å². The summed E-state index contributed by atoms with van der Waals surface area (Å²) in [5, 5.41) is 0. The van der Waals surface area contributed by atoms with Crippen LogP contribution in [0.5, 0.6) is 0 Å². The molecule has 0 saturated heterocycles. The summed E-state index contributed by atoms with van der Waals surface area (Å²) in [5.74, 6) is 0. The molecule has 52 valence electrons. The molecule has 0 aliphatic carbocycles. The molecule has 0 unspecified atom stereocenters. The molecule has 7 heteroatoms. The van der Waals surface area contributed by atoms with Gasteiger partial charge in [0.1, 0.15) is 0 Å². The van der Waals surface area contributed by atoms with Crippen LogP contribution in [0.1, 0.15) is 7.43 Å². The molecule has 4 nitrogen and oxygen atoms in total. The molecule has 0 saturated carbocycles. The van der Waals surface area contributed by atoms with Crippen molar-refractivity contribution in [2.75, 3.05) is 0 Å². The van der Waals surface area contributed by atoms with Crippen LogP contribution in [0, 0.1) is 0 Å². The quantitative estimate of drug-likeness (QED) is 0.477. The zero-order valence-electron chi connectivity index (χ0n) is 2.42. The Bertz CT molecular complexity index is 99.2. The Morgan fingerprint density at radius 2 is 1.12 bits per heavy atom. The summed E-state index contributed by atoms with van der Waals surface area (Å²) in [7, 11) is 0. The molecule has 0 amide bonds. The van der Waals surface area contributed by atoms with E-state index in [1.54, 1.807) is 0 Å². The molecule has 0 spiro atoms. The SMILES string of the molecule is C.[Co].[LiH].[O]=[Mn](=[O])([OH])[OH]. The summed E-state index contributed by atoms with van der Waals surface area (Å²) in [6.07, 6.45) is 0. The zero-order chi connectivity index (χ0) is 4.50. The zero-order valence-corrected chi connectivity index (χ0v) is 4.64. The van der Waals surface area contributed by atoms with E-state index in [9.17, 15) is 0 Å². The topological polar surface area (TPSA) is 74.6 Å². The summed E-state index contributed by atoms with van der Waals surface area (Å²) in [4.78, 5) is 0. The molecule has 0 bridgehead atoms. The van der Waals surface area contributed by atoms with Crippen LogP contribution in [0.2, 0.25) is 0 Å². The van der Waals surface area contributed by atoms with Crippen molar-refractivity contribution in [1.82, 2.24) is 0 Å². The second-order valence-corrected chi connectivity index (χ2v) is 1.71. The van der Waals surface area contributed by atoms with Gasteiger partial charge in [0, 0.05) is 16.8 Å². The first-order valence-electron chi connectivity index (χ1n) is 0.647. The minimum absolute atomic E-state index is 0. The van der Waals surface area contributed by atoms with E-state index in [0.717, 1.165) is 0 Å². The molecule has 0 atom stereocenters. The van der Waals surface area contributed by atoms with E-state index in [1.165, 1.54) is 0 Å². The third-order valence-electron chi connectivity index (χ3n) is 0. The van der Waals surface area contributed by atoms with Gasteiger partial charge in [-0.25, -0.2) is 0 Å². The molecule has 0 fully saturated rings. The second-order valence-electron chi connectivity index (χ2n) is 0.415. The van der Waals surface area contributed by atoms with Crippen molar-refractivity contribution < 1.29 is 46.2 Å². The predicted octanol–water partition coefficient (Wildman–Crippen LogP) is -1.37. The molecule has 0 aromatic rings. The molecular formula is CH7CoLiMnO4. The monoisotopic (exact) mass is 204 g/mol. The Labute approximate surface area is 72.3 Å². The second kappa shape index (κ2) is 8.14. The normalized spacial score (nSPS) is 7.25. The average Bonchev–Trinajstić information content (AvgIpc) is 0.722. The summed E-state index contributed by atoms with van der Waals surface area (Å²) in [6, 6.07) is 0. The summed E-state index contributed by atoms with van der Waals surface area (Å²) in [5.41, 5.74) is 0. The summed E-state index contributed by atoms with van der Waals surface area (Å²) in [6.45, 7) is 0. The van der Waals surface area contributed by atoms with Crippen molar-refractivity contribution in [3.63, 3.8) is 0 Å². The van der Waals surface area contributed by atoms with E-state index in [2.05, 4.69) is 0 Å². The summed E-state index contributed by atoms with van der Waals surface area (Å²) >= 11 is -5.12. The molecule has 1 radical (unpaired) electrons. The van der Waals surface area contributed by atoms with Crippen LogP contribution in [-0.4, -0.2) is 27.2 Å². The molecule has 0 aliphatic rings. The van der Waals surface area contributed by atoms with E-state index in [1.807, 2.05) is 0 Å². The van der Waals surface area contributed by atoms with Crippen LogP contribution in [-0.2, 0) is 37.8 Å². The minimum atomic E-state index is -5.12.